The second-order valence-electron chi connectivity index (χ2n) is 7.46. The van der Waals surface area contributed by atoms with Gasteiger partial charge in [0.1, 0.15) is 24.4 Å². The Bertz CT molecular complexity index is 817. The number of carboxylic acid groups (broad SMARTS) is 1. The third-order valence-corrected chi connectivity index (χ3v) is 4.74. The zero-order valence-electron chi connectivity index (χ0n) is 17.7. The molecule has 1 aromatic carbocycles. The van der Waals surface area contributed by atoms with E-state index in [1.807, 2.05) is 13.8 Å². The molecule has 0 saturated heterocycles. The summed E-state index contributed by atoms with van der Waals surface area (Å²) in [6, 6.07) is 1.71. The average Bonchev–Trinajstić information content (AvgIpc) is 2.68. The normalized spacial score (nSPS) is 13.7. The molecule has 0 aromatic heterocycles. The van der Waals surface area contributed by atoms with Crippen molar-refractivity contribution >= 4 is 35.3 Å². The minimum absolute atomic E-state index is 0.100. The van der Waals surface area contributed by atoms with Crippen molar-refractivity contribution in [1.29, 1.82) is 0 Å². The van der Waals surface area contributed by atoms with E-state index in [0.29, 0.717) is 5.02 Å². The number of ether oxygens (including phenoxy) is 1. The van der Waals surface area contributed by atoms with Crippen molar-refractivity contribution < 1.29 is 29.0 Å². The van der Waals surface area contributed by atoms with Gasteiger partial charge in [-0.1, -0.05) is 25.4 Å². The smallest absolute Gasteiger partial charge is 0.325 e. The number of nitrogens with one attached hydrogen (secondary N) is 2. The van der Waals surface area contributed by atoms with Gasteiger partial charge in [-0.25, -0.2) is 0 Å². The second-order valence-corrected chi connectivity index (χ2v) is 7.90. The number of amides is 3. The van der Waals surface area contributed by atoms with Crippen molar-refractivity contribution in [2.45, 2.75) is 51.7 Å². The number of carbonyl (C=O) groups excluding carboxylic acids is 3. The first-order valence-corrected chi connectivity index (χ1v) is 10.1. The average molecular weight is 457 g/mol. The van der Waals surface area contributed by atoms with Gasteiger partial charge in [0.2, 0.25) is 11.8 Å². The molecule has 0 spiro atoms. The molecular weight excluding hydrogens is 428 g/mol. The number of carbonyl (C=O) groups is 4. The van der Waals surface area contributed by atoms with E-state index in [0.717, 1.165) is 0 Å². The van der Waals surface area contributed by atoms with Crippen LogP contribution in [0.15, 0.2) is 18.2 Å². The molecule has 0 aliphatic rings. The van der Waals surface area contributed by atoms with Gasteiger partial charge in [-0.2, -0.15) is 0 Å². The minimum Gasteiger partial charge on any atom is -0.491 e. The third kappa shape index (κ3) is 8.81. The lowest BCUT2D eigenvalue weighted by Gasteiger charge is -2.21. The first-order chi connectivity index (χ1) is 14.4. The van der Waals surface area contributed by atoms with Crippen molar-refractivity contribution in [2.24, 2.45) is 17.4 Å². The standard InChI is InChI=1S/C20H29ClN4O6/c1-10(2)14(22)9-31-16-8-12(21)4-5-13(16)18(27)25-15(6-7-17(23)26)19(28)24-11(3)20(29)30/h4-5,8,10-11,14-15H,6-7,9,22H2,1-3H3,(H2,23,26)(H,24,28)(H,25,27)(H,29,30)/t11-,14-,15-/m0/s1. The van der Waals surface area contributed by atoms with E-state index in [9.17, 15) is 19.2 Å². The lowest BCUT2D eigenvalue weighted by Crippen LogP contribution is -2.51. The van der Waals surface area contributed by atoms with Crippen LogP contribution in [0.3, 0.4) is 0 Å². The van der Waals surface area contributed by atoms with Gasteiger partial charge in [-0.15, -0.1) is 0 Å². The number of nitrogens with two attached hydrogens (primary N) is 2. The Morgan fingerprint density at radius 2 is 1.81 bits per heavy atom. The molecule has 1 rings (SSSR count). The van der Waals surface area contributed by atoms with Crippen LogP contribution in [0.4, 0.5) is 0 Å². The number of halogens is 1. The number of benzene rings is 1. The Morgan fingerprint density at radius 1 is 1.16 bits per heavy atom. The fourth-order valence-corrected chi connectivity index (χ4v) is 2.51. The van der Waals surface area contributed by atoms with Gasteiger partial charge in [-0.3, -0.25) is 19.2 Å². The number of aliphatic carboxylic acids is 1. The van der Waals surface area contributed by atoms with Crippen LogP contribution in [0.1, 0.15) is 44.0 Å². The van der Waals surface area contributed by atoms with Crippen LogP contribution in [0, 0.1) is 5.92 Å². The number of carboxylic acids is 1. The molecular formula is C20H29ClN4O6. The number of hydrogen-bond acceptors (Lipinski definition) is 6. The maximum Gasteiger partial charge on any atom is 0.325 e. The summed E-state index contributed by atoms with van der Waals surface area (Å²) in [6.07, 6.45) is -0.297. The van der Waals surface area contributed by atoms with Gasteiger partial charge in [0, 0.05) is 17.5 Å². The summed E-state index contributed by atoms with van der Waals surface area (Å²) in [5.74, 6) is -3.02. The fourth-order valence-electron chi connectivity index (χ4n) is 2.35. The zero-order valence-corrected chi connectivity index (χ0v) is 18.4. The summed E-state index contributed by atoms with van der Waals surface area (Å²) in [6.45, 7) is 5.27. The molecule has 0 fully saturated rings. The van der Waals surface area contributed by atoms with E-state index in [1.54, 1.807) is 0 Å². The summed E-state index contributed by atoms with van der Waals surface area (Å²) >= 11 is 6.01. The van der Waals surface area contributed by atoms with E-state index in [-0.39, 0.29) is 42.7 Å². The van der Waals surface area contributed by atoms with Crippen LogP contribution in [-0.2, 0) is 14.4 Å². The monoisotopic (exact) mass is 456 g/mol. The van der Waals surface area contributed by atoms with Crippen molar-refractivity contribution in [3.63, 3.8) is 0 Å². The molecule has 0 saturated carbocycles. The van der Waals surface area contributed by atoms with Crippen LogP contribution in [0.2, 0.25) is 5.02 Å². The molecule has 7 N–H and O–H groups in total. The highest BCUT2D eigenvalue weighted by Gasteiger charge is 2.26. The molecule has 3 amide bonds. The van der Waals surface area contributed by atoms with Crippen molar-refractivity contribution in [1.82, 2.24) is 10.6 Å². The Morgan fingerprint density at radius 3 is 2.35 bits per heavy atom. The SMILES string of the molecule is CC(C)[C@@H](N)COc1cc(Cl)ccc1C(=O)N[C@@H](CCC(N)=O)C(=O)N[C@@H](C)C(=O)O. The van der Waals surface area contributed by atoms with Crippen molar-refractivity contribution in [2.75, 3.05) is 6.61 Å². The molecule has 3 atom stereocenters. The topological polar surface area (TPSA) is 174 Å². The quantitative estimate of drug-likeness (QED) is 0.307. The first-order valence-electron chi connectivity index (χ1n) is 9.72. The van der Waals surface area contributed by atoms with Gasteiger partial charge in [0.15, 0.2) is 0 Å². The van der Waals surface area contributed by atoms with Gasteiger partial charge in [0.25, 0.3) is 5.91 Å². The Kier molecular flexibility index (Phi) is 10.2. The minimum atomic E-state index is -1.25. The molecule has 11 heteroatoms. The van der Waals surface area contributed by atoms with E-state index < -0.39 is 35.8 Å². The predicted molar refractivity (Wildman–Crippen MR) is 115 cm³/mol. The summed E-state index contributed by atoms with van der Waals surface area (Å²) in [7, 11) is 0. The lowest BCUT2D eigenvalue weighted by atomic mass is 10.1. The van der Waals surface area contributed by atoms with E-state index in [4.69, 9.17) is 32.9 Å². The third-order valence-electron chi connectivity index (χ3n) is 4.51. The zero-order chi connectivity index (χ0) is 23.7. The molecule has 0 aliphatic carbocycles. The fraction of sp³-hybridized carbons (Fsp3) is 0.500. The molecule has 1 aromatic rings. The first kappa shape index (κ1) is 26.2. The maximum atomic E-state index is 12.9. The second kappa shape index (κ2) is 12.1. The molecule has 0 heterocycles. The summed E-state index contributed by atoms with van der Waals surface area (Å²) in [5.41, 5.74) is 11.2. The number of hydrogen-bond donors (Lipinski definition) is 5. The highest BCUT2D eigenvalue weighted by molar-refractivity contribution is 6.30. The van der Waals surface area contributed by atoms with Gasteiger partial charge in [-0.05, 0) is 37.5 Å². The molecule has 10 nitrogen and oxygen atoms in total. The van der Waals surface area contributed by atoms with Crippen molar-refractivity contribution in [3.05, 3.63) is 28.8 Å². The van der Waals surface area contributed by atoms with Gasteiger partial charge < -0.3 is 31.9 Å². The molecule has 0 unspecified atom stereocenters. The largest absolute Gasteiger partial charge is 0.491 e. The molecule has 172 valence electrons. The number of primary amides is 1. The number of rotatable bonds is 12. The Labute approximate surface area is 185 Å². The molecule has 0 aliphatic heterocycles. The molecule has 0 bridgehead atoms. The van der Waals surface area contributed by atoms with Crippen LogP contribution < -0.4 is 26.8 Å². The van der Waals surface area contributed by atoms with Crippen LogP contribution >= 0.6 is 11.6 Å². The van der Waals surface area contributed by atoms with Crippen molar-refractivity contribution in [3.8, 4) is 5.75 Å². The van der Waals surface area contributed by atoms with Gasteiger partial charge >= 0.3 is 5.97 Å². The predicted octanol–water partition coefficient (Wildman–Crippen LogP) is 0.655. The highest BCUT2D eigenvalue weighted by Crippen LogP contribution is 2.24. The van der Waals surface area contributed by atoms with E-state index in [2.05, 4.69) is 10.6 Å². The summed E-state index contributed by atoms with van der Waals surface area (Å²) in [5, 5.41) is 14.1. The maximum absolute atomic E-state index is 12.9. The van der Waals surface area contributed by atoms with E-state index >= 15 is 0 Å². The van der Waals surface area contributed by atoms with Gasteiger partial charge in [0.05, 0.1) is 5.56 Å². The van der Waals surface area contributed by atoms with Crippen LogP contribution in [0.25, 0.3) is 0 Å². The Balaban J connectivity index is 3.04. The molecule has 0 radical (unpaired) electrons. The summed E-state index contributed by atoms with van der Waals surface area (Å²) < 4.78 is 5.68. The highest BCUT2D eigenvalue weighted by atomic mass is 35.5. The van der Waals surface area contributed by atoms with Crippen LogP contribution in [0.5, 0.6) is 5.75 Å². The van der Waals surface area contributed by atoms with E-state index in [1.165, 1.54) is 25.1 Å². The Hall–Kier alpha value is -2.85. The van der Waals surface area contributed by atoms with Crippen LogP contribution in [-0.4, -0.2) is 53.5 Å². The summed E-state index contributed by atoms with van der Waals surface area (Å²) in [4.78, 5) is 47.5. The molecule has 31 heavy (non-hydrogen) atoms. The lowest BCUT2D eigenvalue weighted by molar-refractivity contribution is -0.141.